The molecule has 0 atom stereocenters. The maximum Gasteiger partial charge on any atom is 0.339 e. The Labute approximate surface area is 163 Å². The summed E-state index contributed by atoms with van der Waals surface area (Å²) in [6, 6.07) is 18.3. The zero-order chi connectivity index (χ0) is 19.9. The van der Waals surface area contributed by atoms with Gasteiger partial charge in [0.15, 0.2) is 0 Å². The smallest absolute Gasteiger partial charge is 0.339 e. The summed E-state index contributed by atoms with van der Waals surface area (Å²) in [7, 11) is 1.34. The normalized spacial score (nSPS) is 10.2. The Bertz CT molecular complexity index is 984. The summed E-state index contributed by atoms with van der Waals surface area (Å²) in [6.07, 6.45) is 1.55. The average Bonchev–Trinajstić information content (AvgIpc) is 2.73. The Morgan fingerprint density at radius 2 is 1.75 bits per heavy atom. The number of ether oxygens (including phenoxy) is 1. The number of esters is 1. The second-order valence-electron chi connectivity index (χ2n) is 6.20. The fourth-order valence-corrected chi connectivity index (χ4v) is 2.71. The number of rotatable bonds is 6. The number of methoxy groups -OCH3 is 1. The molecule has 0 aliphatic heterocycles. The molecular formula is C22H21N3O3. The number of aryl methyl sites for hydroxylation is 1. The predicted octanol–water partition coefficient (Wildman–Crippen LogP) is 3.85. The number of nitrogens with one attached hydrogen (secondary N) is 2. The fourth-order valence-electron chi connectivity index (χ4n) is 2.71. The number of pyridine rings is 1. The van der Waals surface area contributed by atoms with E-state index < -0.39 is 5.97 Å². The maximum atomic E-state index is 12.3. The van der Waals surface area contributed by atoms with Gasteiger partial charge in [-0.2, -0.15) is 0 Å². The van der Waals surface area contributed by atoms with Gasteiger partial charge in [0, 0.05) is 6.54 Å². The maximum absolute atomic E-state index is 12.3. The molecular weight excluding hydrogens is 354 g/mol. The van der Waals surface area contributed by atoms with Gasteiger partial charge in [0.25, 0.3) is 5.91 Å². The van der Waals surface area contributed by atoms with Crippen molar-refractivity contribution in [3.8, 4) is 0 Å². The number of amides is 1. The lowest BCUT2D eigenvalue weighted by atomic mass is 10.1. The van der Waals surface area contributed by atoms with Crippen molar-refractivity contribution in [3.05, 3.63) is 89.2 Å². The molecule has 0 radical (unpaired) electrons. The van der Waals surface area contributed by atoms with E-state index in [9.17, 15) is 9.59 Å². The fraction of sp³-hybridized carbons (Fsp3) is 0.136. The minimum absolute atomic E-state index is 0.246. The van der Waals surface area contributed by atoms with Crippen LogP contribution >= 0.6 is 0 Å². The summed E-state index contributed by atoms with van der Waals surface area (Å²) >= 11 is 0. The van der Waals surface area contributed by atoms with E-state index in [1.807, 2.05) is 37.3 Å². The molecule has 1 aromatic heterocycles. The van der Waals surface area contributed by atoms with Gasteiger partial charge in [-0.3, -0.25) is 4.79 Å². The van der Waals surface area contributed by atoms with E-state index in [-0.39, 0.29) is 5.91 Å². The van der Waals surface area contributed by atoms with Crippen molar-refractivity contribution < 1.29 is 14.3 Å². The number of hydrogen-bond donors (Lipinski definition) is 2. The molecule has 142 valence electrons. The third kappa shape index (κ3) is 4.54. The highest BCUT2D eigenvalue weighted by Gasteiger charge is 2.12. The molecule has 0 bridgehead atoms. The first kappa shape index (κ1) is 19.1. The molecule has 1 amide bonds. The van der Waals surface area contributed by atoms with Crippen LogP contribution in [-0.2, 0) is 11.3 Å². The molecule has 6 nitrogen and oxygen atoms in total. The molecule has 0 saturated heterocycles. The third-order valence-corrected chi connectivity index (χ3v) is 4.31. The lowest BCUT2D eigenvalue weighted by molar-refractivity contribution is 0.0601. The lowest BCUT2D eigenvalue weighted by Gasteiger charge is -2.11. The highest BCUT2D eigenvalue weighted by Crippen LogP contribution is 2.21. The molecule has 0 fully saturated rings. The number of hydrogen-bond acceptors (Lipinski definition) is 5. The topological polar surface area (TPSA) is 80.3 Å². The standard InChI is InChI=1S/C22H21N3O3/c1-15-7-3-4-8-16(15)13-24-21(26)20-12-11-17(14-23-20)25-19-10-6-5-9-18(19)22(27)28-2/h3-12,14,25H,13H2,1-2H3,(H,24,26). The Morgan fingerprint density at radius 1 is 1.00 bits per heavy atom. The van der Waals surface area contributed by atoms with Gasteiger partial charge in [0.05, 0.1) is 30.2 Å². The van der Waals surface area contributed by atoms with Crippen LogP contribution in [0.5, 0.6) is 0 Å². The summed E-state index contributed by atoms with van der Waals surface area (Å²) in [4.78, 5) is 28.4. The van der Waals surface area contributed by atoms with E-state index in [4.69, 9.17) is 4.74 Å². The zero-order valence-corrected chi connectivity index (χ0v) is 15.7. The molecule has 2 aromatic carbocycles. The van der Waals surface area contributed by atoms with Crippen LogP contribution in [0.3, 0.4) is 0 Å². The number of nitrogens with zero attached hydrogens (tertiary/aromatic N) is 1. The first-order chi connectivity index (χ1) is 13.6. The van der Waals surface area contributed by atoms with Gasteiger partial charge in [-0.1, -0.05) is 36.4 Å². The van der Waals surface area contributed by atoms with Crippen molar-refractivity contribution in [1.29, 1.82) is 0 Å². The molecule has 0 aliphatic rings. The number of benzene rings is 2. The lowest BCUT2D eigenvalue weighted by Crippen LogP contribution is -2.24. The minimum atomic E-state index is -0.428. The van der Waals surface area contributed by atoms with Crippen LogP contribution in [0, 0.1) is 6.92 Å². The Balaban J connectivity index is 1.66. The predicted molar refractivity (Wildman–Crippen MR) is 108 cm³/mol. The summed E-state index contributed by atoms with van der Waals surface area (Å²) < 4.78 is 4.79. The highest BCUT2D eigenvalue weighted by molar-refractivity contribution is 5.96. The van der Waals surface area contributed by atoms with Crippen LogP contribution < -0.4 is 10.6 Å². The van der Waals surface area contributed by atoms with Crippen LogP contribution in [0.15, 0.2) is 66.9 Å². The van der Waals surface area contributed by atoms with Crippen molar-refractivity contribution in [3.63, 3.8) is 0 Å². The molecule has 0 aliphatic carbocycles. The molecule has 0 saturated carbocycles. The van der Waals surface area contributed by atoms with Crippen molar-refractivity contribution in [2.24, 2.45) is 0 Å². The summed E-state index contributed by atoms with van der Waals surface area (Å²) in [5.41, 5.74) is 4.19. The molecule has 0 spiro atoms. The molecule has 3 rings (SSSR count). The van der Waals surface area contributed by atoms with Crippen LogP contribution in [0.1, 0.15) is 32.0 Å². The summed E-state index contributed by atoms with van der Waals surface area (Å²) in [6.45, 7) is 2.45. The average molecular weight is 375 g/mol. The molecule has 2 N–H and O–H groups in total. The second kappa shape index (κ2) is 8.81. The van der Waals surface area contributed by atoms with Gasteiger partial charge < -0.3 is 15.4 Å². The van der Waals surface area contributed by atoms with Crippen molar-refractivity contribution >= 4 is 23.3 Å². The zero-order valence-electron chi connectivity index (χ0n) is 15.7. The van der Waals surface area contributed by atoms with E-state index in [2.05, 4.69) is 15.6 Å². The Morgan fingerprint density at radius 3 is 2.46 bits per heavy atom. The van der Waals surface area contributed by atoms with Crippen molar-refractivity contribution in [1.82, 2.24) is 10.3 Å². The molecule has 1 heterocycles. The van der Waals surface area contributed by atoms with Gasteiger partial charge in [-0.05, 0) is 42.3 Å². The van der Waals surface area contributed by atoms with Gasteiger partial charge in [-0.25, -0.2) is 9.78 Å². The van der Waals surface area contributed by atoms with Gasteiger partial charge in [-0.15, -0.1) is 0 Å². The van der Waals surface area contributed by atoms with Gasteiger partial charge in [0.2, 0.25) is 0 Å². The van der Waals surface area contributed by atoms with Crippen LogP contribution in [0.25, 0.3) is 0 Å². The third-order valence-electron chi connectivity index (χ3n) is 4.31. The first-order valence-corrected chi connectivity index (χ1v) is 8.81. The Kier molecular flexibility index (Phi) is 6.01. The van der Waals surface area contributed by atoms with E-state index in [0.29, 0.717) is 29.2 Å². The largest absolute Gasteiger partial charge is 0.465 e. The van der Waals surface area contributed by atoms with E-state index in [1.165, 1.54) is 7.11 Å². The number of carbonyl (C=O) groups excluding carboxylic acids is 2. The SMILES string of the molecule is COC(=O)c1ccccc1Nc1ccc(C(=O)NCc2ccccc2C)nc1. The first-order valence-electron chi connectivity index (χ1n) is 8.81. The van der Waals surface area contributed by atoms with E-state index in [0.717, 1.165) is 11.1 Å². The van der Waals surface area contributed by atoms with Crippen LogP contribution in [-0.4, -0.2) is 24.0 Å². The van der Waals surface area contributed by atoms with Crippen molar-refractivity contribution in [2.75, 3.05) is 12.4 Å². The van der Waals surface area contributed by atoms with Crippen molar-refractivity contribution in [2.45, 2.75) is 13.5 Å². The minimum Gasteiger partial charge on any atom is -0.465 e. The van der Waals surface area contributed by atoms with E-state index >= 15 is 0 Å². The quantitative estimate of drug-likeness (QED) is 0.640. The van der Waals surface area contributed by atoms with Crippen LogP contribution in [0.4, 0.5) is 11.4 Å². The summed E-state index contributed by atoms with van der Waals surface area (Å²) in [5, 5.41) is 6.00. The van der Waals surface area contributed by atoms with E-state index in [1.54, 1.807) is 36.5 Å². The number of para-hydroxylation sites is 1. The molecule has 3 aromatic rings. The van der Waals surface area contributed by atoms with Gasteiger partial charge >= 0.3 is 5.97 Å². The molecule has 0 unspecified atom stereocenters. The Hall–Kier alpha value is -3.67. The van der Waals surface area contributed by atoms with Crippen LogP contribution in [0.2, 0.25) is 0 Å². The number of aromatic nitrogens is 1. The molecule has 6 heteroatoms. The number of carbonyl (C=O) groups is 2. The summed E-state index contributed by atoms with van der Waals surface area (Å²) in [5.74, 6) is -0.673. The second-order valence-corrected chi connectivity index (χ2v) is 6.20. The monoisotopic (exact) mass is 375 g/mol. The number of anilines is 2. The highest BCUT2D eigenvalue weighted by atomic mass is 16.5. The molecule has 28 heavy (non-hydrogen) atoms. The van der Waals surface area contributed by atoms with Gasteiger partial charge in [0.1, 0.15) is 5.69 Å².